The Morgan fingerprint density at radius 2 is 1.36 bits per heavy atom. The molecule has 33 heavy (non-hydrogen) atoms. The van der Waals surface area contributed by atoms with E-state index in [1.54, 1.807) is 6.26 Å². The second-order valence-corrected chi connectivity index (χ2v) is 8.16. The van der Waals surface area contributed by atoms with Crippen LogP contribution in [0.2, 0.25) is 0 Å². The van der Waals surface area contributed by atoms with E-state index >= 15 is 0 Å². The zero-order valence-electron chi connectivity index (χ0n) is 18.2. The fraction of sp³-hybridized carbons (Fsp3) is 0.103. The molecule has 1 aliphatic rings. The lowest BCUT2D eigenvalue weighted by Gasteiger charge is -2.39. The largest absolute Gasteiger partial charge is 0.467 e. The van der Waals surface area contributed by atoms with Crippen molar-refractivity contribution >= 4 is 5.69 Å². The molecule has 0 fully saturated rings. The molecule has 0 bridgehead atoms. The molecule has 6 rings (SSSR count). The first kappa shape index (κ1) is 19.6. The first-order chi connectivity index (χ1) is 16.3. The first-order valence-electron chi connectivity index (χ1n) is 11.1. The maximum Gasteiger partial charge on any atom is 0.143 e. The normalized spacial score (nSPS) is 17.7. The number of rotatable bonds is 4. The Hall–Kier alpha value is -4.02. The van der Waals surface area contributed by atoms with Gasteiger partial charge in [-0.15, -0.1) is 0 Å². The van der Waals surface area contributed by atoms with E-state index in [4.69, 9.17) is 13.7 Å². The number of aryl methyl sites for hydroxylation is 1. The minimum atomic E-state index is -0.311. The van der Waals surface area contributed by atoms with Crippen LogP contribution in [0.25, 0.3) is 11.3 Å². The van der Waals surface area contributed by atoms with E-state index in [0.29, 0.717) is 0 Å². The Labute approximate surface area is 192 Å². The van der Waals surface area contributed by atoms with Gasteiger partial charge in [0.2, 0.25) is 0 Å². The van der Waals surface area contributed by atoms with Crippen LogP contribution < -0.4 is 5.06 Å². The maximum absolute atomic E-state index is 6.76. The van der Waals surface area contributed by atoms with Crippen LogP contribution in [0.3, 0.4) is 0 Å². The van der Waals surface area contributed by atoms with E-state index in [-0.39, 0.29) is 12.1 Å². The summed E-state index contributed by atoms with van der Waals surface area (Å²) in [5, 5.41) is 1.96. The summed E-state index contributed by atoms with van der Waals surface area (Å²) in [6.45, 7) is 2.02. The first-order valence-corrected chi connectivity index (χ1v) is 11.1. The Kier molecular flexibility index (Phi) is 4.85. The van der Waals surface area contributed by atoms with Crippen molar-refractivity contribution in [2.24, 2.45) is 0 Å². The van der Waals surface area contributed by atoms with Gasteiger partial charge in [-0.2, -0.15) is 0 Å². The highest BCUT2D eigenvalue weighted by Gasteiger charge is 2.43. The lowest BCUT2D eigenvalue weighted by molar-refractivity contribution is 0.0271. The number of benzene rings is 3. The van der Waals surface area contributed by atoms with Crippen LogP contribution in [0.15, 0.2) is 118 Å². The van der Waals surface area contributed by atoms with Gasteiger partial charge in [0.25, 0.3) is 0 Å². The van der Waals surface area contributed by atoms with Gasteiger partial charge >= 0.3 is 0 Å². The monoisotopic (exact) mass is 433 g/mol. The molecule has 2 aromatic heterocycles. The average Bonchev–Trinajstić information content (AvgIpc) is 3.53. The summed E-state index contributed by atoms with van der Waals surface area (Å²) in [4.78, 5) is 6.76. The highest BCUT2D eigenvalue weighted by Crippen LogP contribution is 2.51. The number of hydrogen-bond acceptors (Lipinski definition) is 4. The molecule has 0 N–H and O–H groups in total. The molecule has 0 amide bonds. The van der Waals surface area contributed by atoms with Gasteiger partial charge in [-0.1, -0.05) is 78.9 Å². The highest BCUT2D eigenvalue weighted by atomic mass is 16.7. The predicted molar refractivity (Wildman–Crippen MR) is 128 cm³/mol. The lowest BCUT2D eigenvalue weighted by Crippen LogP contribution is -2.37. The van der Waals surface area contributed by atoms with E-state index in [1.165, 1.54) is 0 Å². The second-order valence-electron chi connectivity index (χ2n) is 8.16. The molecule has 0 aliphatic carbocycles. The second kappa shape index (κ2) is 8.15. The van der Waals surface area contributed by atoms with Crippen molar-refractivity contribution in [3.05, 3.63) is 138 Å². The summed E-state index contributed by atoms with van der Waals surface area (Å²) in [6.07, 6.45) is 1.39. The number of furan rings is 2. The van der Waals surface area contributed by atoms with Crippen LogP contribution in [-0.4, -0.2) is 0 Å². The molecule has 4 nitrogen and oxygen atoms in total. The summed E-state index contributed by atoms with van der Waals surface area (Å²) in [5.74, 6) is 2.49. The molecule has 5 aromatic rings. The fourth-order valence-corrected chi connectivity index (χ4v) is 4.67. The van der Waals surface area contributed by atoms with Crippen molar-refractivity contribution in [1.82, 2.24) is 0 Å². The Bertz CT molecular complexity index is 1340. The van der Waals surface area contributed by atoms with Crippen LogP contribution in [0.5, 0.6) is 0 Å². The third kappa shape index (κ3) is 3.36. The van der Waals surface area contributed by atoms with Crippen molar-refractivity contribution in [3.8, 4) is 11.3 Å². The summed E-state index contributed by atoms with van der Waals surface area (Å²) >= 11 is 0. The van der Waals surface area contributed by atoms with Crippen molar-refractivity contribution in [2.75, 3.05) is 5.06 Å². The Morgan fingerprint density at radius 3 is 2.03 bits per heavy atom. The number of hydroxylamine groups is 1. The molecule has 0 saturated heterocycles. The van der Waals surface area contributed by atoms with Gasteiger partial charge in [-0.25, -0.2) is 5.06 Å². The summed E-state index contributed by atoms with van der Waals surface area (Å²) in [6, 6.07) is 34.3. The molecule has 0 spiro atoms. The third-order valence-electron chi connectivity index (χ3n) is 6.12. The van der Waals surface area contributed by atoms with Crippen LogP contribution in [0.1, 0.15) is 40.4 Å². The molecular formula is C29H23NO3. The van der Waals surface area contributed by atoms with Gasteiger partial charge in [0.05, 0.1) is 12.0 Å². The smallest absolute Gasteiger partial charge is 0.143 e. The Morgan fingerprint density at radius 1 is 0.697 bits per heavy atom. The maximum atomic E-state index is 6.76. The zero-order chi connectivity index (χ0) is 22.2. The van der Waals surface area contributed by atoms with Crippen molar-refractivity contribution in [3.63, 3.8) is 0 Å². The van der Waals surface area contributed by atoms with Crippen LogP contribution >= 0.6 is 0 Å². The van der Waals surface area contributed by atoms with Gasteiger partial charge in [-0.05, 0) is 36.8 Å². The molecule has 162 valence electrons. The SMILES string of the molecule is Cc1oc(-c2ccccc2)c2c1[C@H](c1ccccc1)ON(c1ccccc1)[C@@H]2c1ccco1. The van der Waals surface area contributed by atoms with E-state index in [9.17, 15) is 0 Å². The minimum absolute atomic E-state index is 0.301. The number of fused-ring (bicyclic) bond motifs is 1. The fourth-order valence-electron chi connectivity index (χ4n) is 4.67. The van der Waals surface area contributed by atoms with Crippen LogP contribution in [-0.2, 0) is 4.84 Å². The quantitative estimate of drug-likeness (QED) is 0.294. The summed E-state index contributed by atoms with van der Waals surface area (Å²) in [7, 11) is 0. The van der Waals surface area contributed by atoms with Crippen LogP contribution in [0, 0.1) is 6.92 Å². The molecular weight excluding hydrogens is 410 g/mol. The Balaban J connectivity index is 1.64. The third-order valence-corrected chi connectivity index (χ3v) is 6.12. The highest BCUT2D eigenvalue weighted by molar-refractivity contribution is 5.69. The standard InChI is InChI=1S/C29H23NO3/c1-20-25-26(28(32-20)21-12-5-2-6-13-21)27(24-18-11-19-31-24)30(23-16-9-4-10-17-23)33-29(25)22-14-7-3-8-15-22/h2-19,27,29H,1H3/t27-,29+/m1/s1. The van der Waals surface area contributed by atoms with E-state index < -0.39 is 0 Å². The summed E-state index contributed by atoms with van der Waals surface area (Å²) < 4.78 is 12.4. The zero-order valence-corrected chi connectivity index (χ0v) is 18.2. The molecule has 0 radical (unpaired) electrons. The molecule has 0 saturated carbocycles. The molecule has 1 aliphatic heterocycles. The van der Waals surface area contributed by atoms with E-state index in [1.807, 2.05) is 78.7 Å². The van der Waals surface area contributed by atoms with E-state index in [0.717, 1.165) is 45.2 Å². The molecule has 2 atom stereocenters. The predicted octanol–water partition coefficient (Wildman–Crippen LogP) is 7.48. The molecule has 0 unspecified atom stereocenters. The number of nitrogens with zero attached hydrogens (tertiary/aromatic N) is 1. The number of hydrogen-bond donors (Lipinski definition) is 0. The van der Waals surface area contributed by atoms with Gasteiger partial charge < -0.3 is 8.83 Å². The van der Waals surface area contributed by atoms with Crippen molar-refractivity contribution < 1.29 is 13.7 Å². The number of anilines is 1. The van der Waals surface area contributed by atoms with Crippen LogP contribution in [0.4, 0.5) is 5.69 Å². The molecule has 3 heterocycles. The molecule has 3 aromatic carbocycles. The van der Waals surface area contributed by atoms with Crippen molar-refractivity contribution in [2.45, 2.75) is 19.1 Å². The minimum Gasteiger partial charge on any atom is -0.467 e. The molecule has 4 heteroatoms. The van der Waals surface area contributed by atoms with Crippen molar-refractivity contribution in [1.29, 1.82) is 0 Å². The summed E-state index contributed by atoms with van der Waals surface area (Å²) in [5.41, 5.74) is 5.16. The van der Waals surface area contributed by atoms with Gasteiger partial charge in [0, 0.05) is 16.7 Å². The average molecular weight is 434 g/mol. The topological polar surface area (TPSA) is 38.8 Å². The van der Waals surface area contributed by atoms with Gasteiger partial charge in [0.15, 0.2) is 0 Å². The number of para-hydroxylation sites is 1. The van der Waals surface area contributed by atoms with E-state index in [2.05, 4.69) is 36.4 Å². The lowest BCUT2D eigenvalue weighted by atomic mass is 9.89. The van der Waals surface area contributed by atoms with Gasteiger partial charge in [0.1, 0.15) is 29.4 Å². The van der Waals surface area contributed by atoms with Gasteiger partial charge in [-0.3, -0.25) is 4.84 Å².